The molecular weight excluding hydrogens is 284 g/mol. The Kier molecular flexibility index (Phi) is 6.49. The van der Waals surface area contributed by atoms with E-state index in [-0.39, 0.29) is 16.6 Å². The summed E-state index contributed by atoms with van der Waals surface area (Å²) in [4.78, 5) is 24.0. The van der Waals surface area contributed by atoms with Gasteiger partial charge in [-0.05, 0) is 12.1 Å². The van der Waals surface area contributed by atoms with E-state index in [9.17, 15) is 9.59 Å². The number of carbonyl (C=O) groups is 2. The molecule has 1 aromatic carbocycles. The van der Waals surface area contributed by atoms with Crippen LogP contribution in [0.5, 0.6) is 0 Å². The SMILES string of the molecule is C=CCNC(=O)c1ccccc1NC(=O)CSC(C)(C)C. The third-order valence-corrected chi connectivity index (χ3v) is 3.76. The Morgan fingerprint density at radius 1 is 1.29 bits per heavy atom. The van der Waals surface area contributed by atoms with Crippen LogP contribution < -0.4 is 10.6 Å². The Morgan fingerprint density at radius 2 is 1.95 bits per heavy atom. The number of hydrogen-bond acceptors (Lipinski definition) is 3. The van der Waals surface area contributed by atoms with Crippen molar-refractivity contribution in [3.63, 3.8) is 0 Å². The molecule has 0 saturated carbocycles. The summed E-state index contributed by atoms with van der Waals surface area (Å²) in [6.07, 6.45) is 1.61. The van der Waals surface area contributed by atoms with E-state index < -0.39 is 0 Å². The second-order valence-electron chi connectivity index (χ2n) is 5.49. The number of nitrogens with one attached hydrogen (secondary N) is 2. The van der Waals surface area contributed by atoms with E-state index in [4.69, 9.17) is 0 Å². The lowest BCUT2D eigenvalue weighted by Gasteiger charge is -2.17. The van der Waals surface area contributed by atoms with Gasteiger partial charge in [0, 0.05) is 11.3 Å². The molecule has 1 rings (SSSR count). The van der Waals surface area contributed by atoms with Crippen molar-refractivity contribution in [2.24, 2.45) is 0 Å². The summed E-state index contributed by atoms with van der Waals surface area (Å²) in [7, 11) is 0. The van der Waals surface area contributed by atoms with Gasteiger partial charge in [-0.1, -0.05) is 39.0 Å². The number of carbonyl (C=O) groups excluding carboxylic acids is 2. The van der Waals surface area contributed by atoms with Crippen molar-refractivity contribution in [2.45, 2.75) is 25.5 Å². The number of thioether (sulfide) groups is 1. The van der Waals surface area contributed by atoms with Crippen LogP contribution in [-0.4, -0.2) is 28.9 Å². The second-order valence-corrected chi connectivity index (χ2v) is 7.30. The van der Waals surface area contributed by atoms with Gasteiger partial charge < -0.3 is 10.6 Å². The molecule has 2 N–H and O–H groups in total. The van der Waals surface area contributed by atoms with Crippen LogP contribution in [0.3, 0.4) is 0 Å². The van der Waals surface area contributed by atoms with Gasteiger partial charge in [0.15, 0.2) is 0 Å². The highest BCUT2D eigenvalue weighted by atomic mass is 32.2. The maximum Gasteiger partial charge on any atom is 0.253 e. The third-order valence-electron chi connectivity index (χ3n) is 2.49. The fourth-order valence-corrected chi connectivity index (χ4v) is 2.15. The van der Waals surface area contributed by atoms with Gasteiger partial charge in [0.05, 0.1) is 17.0 Å². The smallest absolute Gasteiger partial charge is 0.253 e. The number of hydrogen-bond donors (Lipinski definition) is 2. The fraction of sp³-hybridized carbons (Fsp3) is 0.375. The van der Waals surface area contributed by atoms with E-state index in [1.165, 1.54) is 0 Å². The minimum Gasteiger partial charge on any atom is -0.349 e. The van der Waals surface area contributed by atoms with E-state index >= 15 is 0 Å². The fourth-order valence-electron chi connectivity index (χ4n) is 1.52. The maximum absolute atomic E-state index is 12.0. The first-order valence-electron chi connectivity index (χ1n) is 6.75. The molecule has 0 saturated heterocycles. The van der Waals surface area contributed by atoms with E-state index in [1.807, 2.05) is 0 Å². The molecular formula is C16H22N2O2S. The Morgan fingerprint density at radius 3 is 2.57 bits per heavy atom. The molecule has 0 aliphatic rings. The van der Waals surface area contributed by atoms with Gasteiger partial charge in [-0.2, -0.15) is 0 Å². The zero-order valence-corrected chi connectivity index (χ0v) is 13.5. The van der Waals surface area contributed by atoms with Crippen LogP contribution in [-0.2, 0) is 4.79 Å². The summed E-state index contributed by atoms with van der Waals surface area (Å²) in [5.74, 6) is 0.0136. The highest BCUT2D eigenvalue weighted by molar-refractivity contribution is 8.01. The highest BCUT2D eigenvalue weighted by Gasteiger charge is 2.15. The number of anilines is 1. The van der Waals surface area contributed by atoms with Crippen molar-refractivity contribution in [1.82, 2.24) is 5.32 Å². The van der Waals surface area contributed by atoms with E-state index in [1.54, 1.807) is 42.1 Å². The van der Waals surface area contributed by atoms with Crippen LogP contribution in [0.4, 0.5) is 5.69 Å². The monoisotopic (exact) mass is 306 g/mol. The third kappa shape index (κ3) is 6.49. The molecule has 0 aliphatic heterocycles. The summed E-state index contributed by atoms with van der Waals surface area (Å²) in [5.41, 5.74) is 0.979. The molecule has 0 spiro atoms. The normalized spacial score (nSPS) is 10.8. The molecule has 0 bridgehead atoms. The van der Waals surface area contributed by atoms with Crippen LogP contribution >= 0.6 is 11.8 Å². The maximum atomic E-state index is 12.0. The summed E-state index contributed by atoms with van der Waals surface area (Å²) >= 11 is 1.56. The van der Waals surface area contributed by atoms with Crippen molar-refractivity contribution in [3.8, 4) is 0 Å². The van der Waals surface area contributed by atoms with Crippen LogP contribution in [0.25, 0.3) is 0 Å². The quantitative estimate of drug-likeness (QED) is 0.794. The Labute approximate surface area is 130 Å². The van der Waals surface area contributed by atoms with Crippen LogP contribution in [0, 0.1) is 0 Å². The van der Waals surface area contributed by atoms with Gasteiger partial charge in [-0.3, -0.25) is 9.59 Å². The molecule has 0 radical (unpaired) electrons. The Balaban J connectivity index is 2.72. The number of rotatable bonds is 6. The molecule has 2 amide bonds. The summed E-state index contributed by atoms with van der Waals surface area (Å²) in [5, 5.41) is 5.50. The van der Waals surface area contributed by atoms with Crippen molar-refractivity contribution >= 4 is 29.3 Å². The van der Waals surface area contributed by atoms with Crippen molar-refractivity contribution in [1.29, 1.82) is 0 Å². The molecule has 21 heavy (non-hydrogen) atoms. The zero-order chi connectivity index (χ0) is 15.9. The molecule has 0 aromatic heterocycles. The number of para-hydroxylation sites is 1. The minimum absolute atomic E-state index is 0.0260. The molecule has 114 valence electrons. The topological polar surface area (TPSA) is 58.2 Å². The van der Waals surface area contributed by atoms with Gasteiger partial charge >= 0.3 is 0 Å². The van der Waals surface area contributed by atoms with Gasteiger partial charge in [-0.15, -0.1) is 18.3 Å². The molecule has 0 atom stereocenters. The Bertz CT molecular complexity index is 521. The van der Waals surface area contributed by atoms with E-state index in [0.717, 1.165) is 0 Å². The van der Waals surface area contributed by atoms with Crippen LogP contribution in [0.2, 0.25) is 0 Å². The van der Waals surface area contributed by atoms with Gasteiger partial charge in [0.2, 0.25) is 5.91 Å². The average molecular weight is 306 g/mol. The number of benzene rings is 1. The lowest BCUT2D eigenvalue weighted by Crippen LogP contribution is -2.26. The zero-order valence-electron chi connectivity index (χ0n) is 12.7. The molecule has 0 fully saturated rings. The van der Waals surface area contributed by atoms with E-state index in [2.05, 4.69) is 38.0 Å². The molecule has 0 aliphatic carbocycles. The lowest BCUT2D eigenvalue weighted by molar-refractivity contribution is -0.113. The molecule has 4 nitrogen and oxygen atoms in total. The van der Waals surface area contributed by atoms with Crippen LogP contribution in [0.1, 0.15) is 31.1 Å². The van der Waals surface area contributed by atoms with Crippen molar-refractivity contribution in [2.75, 3.05) is 17.6 Å². The first-order chi connectivity index (χ1) is 9.83. The molecule has 5 heteroatoms. The predicted molar refractivity (Wildman–Crippen MR) is 89.8 cm³/mol. The first-order valence-corrected chi connectivity index (χ1v) is 7.74. The van der Waals surface area contributed by atoms with Gasteiger partial charge in [-0.25, -0.2) is 0 Å². The van der Waals surface area contributed by atoms with Crippen molar-refractivity contribution < 1.29 is 9.59 Å². The predicted octanol–water partition coefficient (Wildman–Crippen LogP) is 3.07. The molecule has 0 unspecified atom stereocenters. The van der Waals surface area contributed by atoms with Crippen molar-refractivity contribution in [3.05, 3.63) is 42.5 Å². The highest BCUT2D eigenvalue weighted by Crippen LogP contribution is 2.23. The largest absolute Gasteiger partial charge is 0.349 e. The first kappa shape index (κ1) is 17.3. The summed E-state index contributed by atoms with van der Waals surface area (Å²) in [6.45, 7) is 10.1. The van der Waals surface area contributed by atoms with Gasteiger partial charge in [0.1, 0.15) is 0 Å². The second kappa shape index (κ2) is 7.88. The van der Waals surface area contributed by atoms with Crippen LogP contribution in [0.15, 0.2) is 36.9 Å². The minimum atomic E-state index is -0.228. The number of amides is 2. The average Bonchev–Trinajstić information content (AvgIpc) is 2.42. The molecule has 0 heterocycles. The summed E-state index contributed by atoms with van der Waals surface area (Å²) in [6, 6.07) is 6.96. The lowest BCUT2D eigenvalue weighted by atomic mass is 10.1. The van der Waals surface area contributed by atoms with Gasteiger partial charge in [0.25, 0.3) is 5.91 Å². The van der Waals surface area contributed by atoms with E-state index in [0.29, 0.717) is 23.5 Å². The summed E-state index contributed by atoms with van der Waals surface area (Å²) < 4.78 is 0.0260. The Hall–Kier alpha value is -1.75. The standard InChI is InChI=1S/C16H22N2O2S/c1-5-10-17-15(20)12-8-6-7-9-13(12)18-14(19)11-21-16(2,3)4/h5-9H,1,10-11H2,2-4H3,(H,17,20)(H,18,19). The molecule has 1 aromatic rings.